The fourth-order valence-electron chi connectivity index (χ4n) is 8.98. The number of benzene rings is 3. The van der Waals surface area contributed by atoms with E-state index < -0.39 is 95.3 Å². The zero-order chi connectivity index (χ0) is 68.5. The number of pyridine rings is 3. The molecule has 32 heteroatoms. The first-order valence-corrected chi connectivity index (χ1v) is 30.0. The van der Waals surface area contributed by atoms with Gasteiger partial charge in [-0.25, -0.2) is 40.7 Å². The van der Waals surface area contributed by atoms with Gasteiger partial charge in [0.25, 0.3) is 0 Å². The van der Waals surface area contributed by atoms with E-state index in [2.05, 4.69) is 30.9 Å². The summed E-state index contributed by atoms with van der Waals surface area (Å²) in [5, 5.41) is 18.3. The summed E-state index contributed by atoms with van der Waals surface area (Å²) < 4.78 is 93.8. The van der Waals surface area contributed by atoms with Gasteiger partial charge < -0.3 is 41.2 Å². The third-order valence-corrected chi connectivity index (χ3v) is 14.8. The Morgan fingerprint density at radius 2 is 0.979 bits per heavy atom. The molecule has 3 aromatic heterocycles. The van der Waals surface area contributed by atoms with Crippen molar-refractivity contribution in [3.63, 3.8) is 0 Å². The van der Waals surface area contributed by atoms with Crippen LogP contribution in [0.2, 0.25) is 15.1 Å². The summed E-state index contributed by atoms with van der Waals surface area (Å²) in [4.78, 5) is 75.7. The molecule has 0 unspecified atom stereocenters. The molecule has 3 aliphatic heterocycles. The Morgan fingerprint density at radius 3 is 1.32 bits per heavy atom. The molecule has 0 saturated carbocycles. The zero-order valence-electron chi connectivity index (χ0n) is 53.6. The summed E-state index contributed by atoms with van der Waals surface area (Å²) in [6, 6.07) is 20.6. The van der Waals surface area contributed by atoms with Gasteiger partial charge in [0, 0.05) is 115 Å². The first-order valence-electron chi connectivity index (χ1n) is 28.5. The number of halogens is 12. The van der Waals surface area contributed by atoms with E-state index in [9.17, 15) is 45.9 Å². The molecule has 18 nitrogen and oxygen atoms in total. The van der Waals surface area contributed by atoms with Gasteiger partial charge in [-0.15, -0.1) is 24.8 Å². The second-order valence-corrected chi connectivity index (χ2v) is 24.9. The number of carboxylic acid groups (broad SMARTS) is 1. The molecule has 3 aromatic carbocycles. The summed E-state index contributed by atoms with van der Waals surface area (Å²) in [7, 11) is 3.85. The van der Waals surface area contributed by atoms with Crippen molar-refractivity contribution in [2.24, 2.45) is 0 Å². The van der Waals surface area contributed by atoms with Crippen LogP contribution < -0.4 is 21.7 Å². The number of carbonyl (C=O) groups is 5. The molecule has 6 aromatic rings. The van der Waals surface area contributed by atoms with E-state index >= 15 is 4.39 Å². The summed E-state index contributed by atoms with van der Waals surface area (Å²) in [5.41, 5.74) is 6.64. The van der Waals surface area contributed by atoms with Crippen LogP contribution >= 0.6 is 71.2 Å². The number of aliphatic carboxylic acids is 1. The van der Waals surface area contributed by atoms with Crippen LogP contribution in [0.5, 0.6) is 0 Å². The number of likely N-dealkylation sites (tertiary alicyclic amines) is 2. The van der Waals surface area contributed by atoms with E-state index in [0.29, 0.717) is 27.0 Å². The molecule has 0 bridgehead atoms. The Bertz CT molecular complexity index is 3620. The average molecular weight is 1690 g/mol. The van der Waals surface area contributed by atoms with Crippen LogP contribution in [0.3, 0.4) is 0 Å². The van der Waals surface area contributed by atoms with Crippen molar-refractivity contribution in [2.45, 2.75) is 130 Å². The molecule has 6 atom stereocenters. The van der Waals surface area contributed by atoms with E-state index in [1.807, 2.05) is 32.8 Å². The molecular formula is C65H78Cl6F6N10O8VW. The normalized spacial score (nSPS) is 17.2. The fourth-order valence-corrected chi connectivity index (χ4v) is 9.65. The number of amides is 4. The number of ether oxygens (including phenoxy) is 2. The van der Waals surface area contributed by atoms with Gasteiger partial charge in [0.05, 0.1) is 68.3 Å². The minimum Gasteiger partial charge on any atom is -0.480 e. The number of anilines is 3. The average Bonchev–Trinajstić information content (AvgIpc) is 1.75. The minimum atomic E-state index is -1.38. The number of carboxylic acids is 1. The quantitative estimate of drug-likeness (QED) is 0.0515. The maximum Gasteiger partial charge on any atom is 0.411 e. The maximum absolute atomic E-state index is 15.0. The van der Waals surface area contributed by atoms with E-state index in [-0.39, 0.29) is 150 Å². The second-order valence-electron chi connectivity index (χ2n) is 23.3. The Labute approximate surface area is 619 Å². The fraction of sp³-hybridized carbons (Fsp3) is 0.385. The van der Waals surface area contributed by atoms with E-state index in [4.69, 9.17) is 66.7 Å². The molecule has 0 aliphatic carbocycles. The van der Waals surface area contributed by atoms with Crippen molar-refractivity contribution < 1.29 is 105 Å². The van der Waals surface area contributed by atoms with Crippen molar-refractivity contribution in [2.75, 3.05) is 50.1 Å². The molecule has 531 valence electrons. The number of hydrogen-bond acceptors (Lipinski definition) is 13. The van der Waals surface area contributed by atoms with Crippen LogP contribution in [0.1, 0.15) is 82.1 Å². The third-order valence-electron chi connectivity index (χ3n) is 13.1. The van der Waals surface area contributed by atoms with Crippen LogP contribution in [0, 0.1) is 17.5 Å². The summed E-state index contributed by atoms with van der Waals surface area (Å²) in [6.45, 7) is 13.7. The van der Waals surface area contributed by atoms with Crippen molar-refractivity contribution >= 4 is 118 Å². The van der Waals surface area contributed by atoms with Crippen molar-refractivity contribution in [1.29, 1.82) is 0 Å². The first kappa shape index (κ1) is 91.0. The molecule has 6 N–H and O–H groups in total. The number of nitrogens with zero attached hydrogens (tertiary/aromatic N) is 6. The van der Waals surface area contributed by atoms with Gasteiger partial charge in [-0.2, -0.15) is 0 Å². The van der Waals surface area contributed by atoms with Gasteiger partial charge in [0.15, 0.2) is 17.5 Å². The molecule has 97 heavy (non-hydrogen) atoms. The molecule has 1 radical (unpaired) electrons. The zero-order valence-corrected chi connectivity index (χ0v) is 62.6. The summed E-state index contributed by atoms with van der Waals surface area (Å²) in [5.74, 6) is -4.22. The number of alkyl halides is 3. The summed E-state index contributed by atoms with van der Waals surface area (Å²) in [6.07, 6.45) is -1.05. The Hall–Kier alpha value is -6.05. The third kappa shape index (κ3) is 27.2. The van der Waals surface area contributed by atoms with E-state index in [0.717, 1.165) is 20.5 Å². The molecule has 3 saturated heterocycles. The minimum absolute atomic E-state index is 0. The first-order chi connectivity index (χ1) is 43.1. The molecule has 3 fully saturated rings. The number of nitrogens with one attached hydrogen (secondary N) is 3. The number of allylic oxidation sites excluding steroid dienone is 1. The molecule has 3 aliphatic rings. The number of hydrogen-bond donors (Lipinski definition) is 5. The Morgan fingerprint density at radius 1 is 0.608 bits per heavy atom. The Balaban J connectivity index is 0.00000124. The molecule has 6 heterocycles. The number of aromatic nitrogens is 3. The van der Waals surface area contributed by atoms with E-state index in [1.165, 1.54) is 48.8 Å². The number of nitrogens with two attached hydrogens (primary N) is 1. The number of nitrogen functional groups attached to an aromatic ring is 1. The van der Waals surface area contributed by atoms with Gasteiger partial charge in [-0.1, -0.05) is 72.0 Å². The van der Waals surface area contributed by atoms with Crippen LogP contribution in [-0.2, 0) is 63.5 Å². The van der Waals surface area contributed by atoms with Gasteiger partial charge in [-0.05, 0) is 134 Å². The van der Waals surface area contributed by atoms with Crippen molar-refractivity contribution in [3.05, 3.63) is 153 Å². The number of rotatable bonds is 9. The summed E-state index contributed by atoms with van der Waals surface area (Å²) >= 11 is 23.8. The predicted molar refractivity (Wildman–Crippen MR) is 366 cm³/mol. The van der Waals surface area contributed by atoms with Gasteiger partial charge in [-0.3, -0.25) is 34.3 Å². The van der Waals surface area contributed by atoms with Crippen LogP contribution in [0.25, 0.3) is 33.8 Å². The molecule has 4 amide bonds. The largest absolute Gasteiger partial charge is 0.480 e. The van der Waals surface area contributed by atoms with Crippen LogP contribution in [0.15, 0.2) is 120 Å². The van der Waals surface area contributed by atoms with Crippen molar-refractivity contribution in [1.82, 2.24) is 35.0 Å². The SMILES string of the molecule is C.CC(C)(C)OC(=O)N1C[C@H](F)C[C@H]1C(=O)Nc1cccc(-c2ncccc2Cl)c1F.CC(C)(C)OC(=O)N1C[C@H](F)C[C@H]1C(=O)O.CC(C)=C(Cl)N(C)C.Cl.Cl.Nc1cccc(-c2ncccc2Cl)c1F.O=C(Nc1cccc(-c2ncccc2Cl)c1F)[C@@H]1C[C@@H](F)CN1.[V].[W]. The topological polar surface area (TPSA) is 235 Å². The van der Waals surface area contributed by atoms with Crippen LogP contribution in [0.4, 0.5) is 53.0 Å². The standard InChI is InChI=1S/C21H22ClF2N3O3.C16H14ClF2N3O.C11H8ClFN2.C10H16FNO4.C6H12ClN.CH4.2ClH.V.W/c1-21(2,3)30-20(29)27-11-12(23)10-16(27)19(28)26-15-8-4-6-13(17(15)24)18-14(22)7-5-9-25-18;17-11-4-2-6-20-15(11)10-3-1-5-12(14(10)19)22-16(23)13-7-9(18)8-21-13;12-8-4-2-6-15-11(8)7-3-1-5-9(14)10(7)13;1-10(2,3)16-9(15)12-5-6(11)4-7(12)8(13)14;1-5(2)6(7)8(3)4;;;;;/h4-9,12,16H,10-11H2,1-3H3,(H,26,28);1-6,9,13,21H,7-8H2,(H,22,23);1-6H,14H2;6-7H,4-5H2,1-3H3,(H,13,14);1-4H3;1H4;2*1H;;/t12-,16+;9-,13+;;6-,7+;;;;;;/m11.1....../s1. The smallest absolute Gasteiger partial charge is 0.411 e. The molecule has 9 rings (SSSR count). The second kappa shape index (κ2) is 41.5. The molecule has 0 spiro atoms. The predicted octanol–water partition coefficient (Wildman–Crippen LogP) is 16.1. The molecular weight excluding hydrogens is 1610 g/mol. The monoisotopic (exact) mass is 1690 g/mol. The maximum atomic E-state index is 15.0. The van der Waals surface area contributed by atoms with Gasteiger partial charge in [0.2, 0.25) is 11.8 Å². The Kier molecular flexibility index (Phi) is 38.9. The number of carbonyl (C=O) groups excluding carboxylic acids is 4. The van der Waals surface area contributed by atoms with Gasteiger partial charge in [0.1, 0.15) is 47.0 Å². The van der Waals surface area contributed by atoms with E-state index in [1.54, 1.807) is 102 Å². The van der Waals surface area contributed by atoms with Crippen LogP contribution in [-0.4, -0.2) is 146 Å². The van der Waals surface area contributed by atoms with Crippen molar-refractivity contribution in [3.8, 4) is 33.8 Å². The van der Waals surface area contributed by atoms with Gasteiger partial charge >= 0.3 is 18.2 Å².